The number of halogens is 1. The molecule has 1 atom stereocenters. The Hall–Kier alpha value is -3.71. The molecule has 3 aromatic rings. The normalized spacial score (nSPS) is 17.5. The molecule has 1 saturated heterocycles. The maximum absolute atomic E-state index is 13.2. The fourth-order valence-electron chi connectivity index (χ4n) is 3.80. The molecule has 1 unspecified atom stereocenters. The molecular weight excluding hydrogens is 446 g/mol. The van der Waals surface area contributed by atoms with E-state index in [1.807, 2.05) is 6.92 Å². The van der Waals surface area contributed by atoms with Crippen molar-refractivity contribution >= 4 is 34.7 Å². The van der Waals surface area contributed by atoms with Crippen LogP contribution in [0.3, 0.4) is 0 Å². The molecule has 0 aliphatic carbocycles. The van der Waals surface area contributed by atoms with Gasteiger partial charge in [-0.1, -0.05) is 11.6 Å². The number of aliphatic hydroxyl groups is 1. The Labute approximate surface area is 195 Å². The van der Waals surface area contributed by atoms with E-state index < -0.39 is 23.5 Å². The molecule has 1 aromatic heterocycles. The molecule has 1 aliphatic rings. The zero-order valence-electron chi connectivity index (χ0n) is 18.3. The Morgan fingerprint density at radius 1 is 1.09 bits per heavy atom. The highest BCUT2D eigenvalue weighted by Gasteiger charge is 2.48. The van der Waals surface area contributed by atoms with Crippen LogP contribution in [0.15, 0.2) is 64.6 Å². The highest BCUT2D eigenvalue weighted by molar-refractivity contribution is 6.52. The number of methoxy groups -OCH3 is 1. The number of nitrogens with zero attached hydrogens (tertiary/aromatic N) is 1. The van der Waals surface area contributed by atoms with Crippen molar-refractivity contribution in [1.29, 1.82) is 0 Å². The summed E-state index contributed by atoms with van der Waals surface area (Å²) in [5.74, 6) is -0.0517. The van der Waals surface area contributed by atoms with Gasteiger partial charge in [-0.25, -0.2) is 0 Å². The Morgan fingerprint density at radius 3 is 2.39 bits per heavy atom. The third-order valence-corrected chi connectivity index (χ3v) is 5.66. The first-order chi connectivity index (χ1) is 15.8. The molecule has 0 radical (unpaired) electrons. The fraction of sp³-hybridized carbons (Fsp3) is 0.200. The molecule has 2 heterocycles. The molecule has 0 saturated carbocycles. The van der Waals surface area contributed by atoms with Crippen molar-refractivity contribution < 1.29 is 28.6 Å². The van der Waals surface area contributed by atoms with Crippen LogP contribution in [0.5, 0.6) is 11.5 Å². The topological polar surface area (TPSA) is 89.2 Å². The SMILES string of the molecule is CCOc1ccc(N2C(=O)C(=O)/C(=C(/O)c3cc(OC)ccc3Cl)C2c2ccc(C)o2)cc1. The van der Waals surface area contributed by atoms with Crippen LogP contribution >= 0.6 is 11.6 Å². The minimum absolute atomic E-state index is 0.126. The lowest BCUT2D eigenvalue weighted by Gasteiger charge is -2.23. The molecule has 170 valence electrons. The van der Waals surface area contributed by atoms with Gasteiger partial charge in [-0.2, -0.15) is 0 Å². The Morgan fingerprint density at radius 2 is 1.79 bits per heavy atom. The summed E-state index contributed by atoms with van der Waals surface area (Å²) in [7, 11) is 1.48. The first-order valence-corrected chi connectivity index (χ1v) is 10.7. The van der Waals surface area contributed by atoms with Crippen LogP contribution in [0.2, 0.25) is 5.02 Å². The van der Waals surface area contributed by atoms with Crippen LogP contribution in [0.25, 0.3) is 5.76 Å². The molecular formula is C25H22ClNO6. The third-order valence-electron chi connectivity index (χ3n) is 5.33. The Kier molecular flexibility index (Phi) is 6.16. The second-order valence-electron chi connectivity index (χ2n) is 7.39. The number of hydrogen-bond acceptors (Lipinski definition) is 6. The minimum Gasteiger partial charge on any atom is -0.507 e. The minimum atomic E-state index is -0.987. The Bertz CT molecular complexity index is 1240. The number of benzene rings is 2. The second kappa shape index (κ2) is 9.03. The summed E-state index contributed by atoms with van der Waals surface area (Å²) in [5, 5.41) is 11.4. The molecule has 4 rings (SSSR count). The monoisotopic (exact) mass is 467 g/mol. The van der Waals surface area contributed by atoms with Gasteiger partial charge in [-0.3, -0.25) is 14.5 Å². The van der Waals surface area contributed by atoms with Crippen molar-refractivity contribution in [2.45, 2.75) is 19.9 Å². The van der Waals surface area contributed by atoms with Gasteiger partial charge in [-0.15, -0.1) is 0 Å². The number of ketones is 1. The van der Waals surface area contributed by atoms with Crippen molar-refractivity contribution in [2.24, 2.45) is 0 Å². The van der Waals surface area contributed by atoms with E-state index in [2.05, 4.69) is 0 Å². The number of carbonyl (C=O) groups excluding carboxylic acids is 2. The third kappa shape index (κ3) is 4.07. The van der Waals surface area contributed by atoms with Gasteiger partial charge in [0, 0.05) is 11.3 Å². The van der Waals surface area contributed by atoms with Gasteiger partial charge < -0.3 is 19.0 Å². The number of rotatable bonds is 6. The number of aliphatic hydroxyl groups excluding tert-OH is 1. The van der Waals surface area contributed by atoms with Crippen LogP contribution in [-0.4, -0.2) is 30.5 Å². The van der Waals surface area contributed by atoms with Crippen molar-refractivity contribution in [1.82, 2.24) is 0 Å². The Balaban J connectivity index is 1.90. The van der Waals surface area contributed by atoms with Crippen LogP contribution in [0, 0.1) is 6.92 Å². The van der Waals surface area contributed by atoms with Crippen molar-refractivity contribution in [3.8, 4) is 11.5 Å². The number of aryl methyl sites for hydroxylation is 1. The summed E-state index contributed by atoms with van der Waals surface area (Å²) in [4.78, 5) is 27.6. The van der Waals surface area contributed by atoms with E-state index in [0.29, 0.717) is 35.3 Å². The van der Waals surface area contributed by atoms with E-state index in [-0.39, 0.29) is 16.2 Å². The van der Waals surface area contributed by atoms with E-state index in [9.17, 15) is 14.7 Å². The molecule has 1 fully saturated rings. The number of ether oxygens (including phenoxy) is 2. The standard InChI is InChI=1S/C25H22ClNO6/c1-4-32-16-8-6-15(7-9-16)27-22(20-12-5-14(2)33-20)21(24(29)25(27)30)23(28)18-13-17(31-3)10-11-19(18)26/h5-13,22,28H,4H2,1-3H3/b23-21+. The number of hydrogen-bond donors (Lipinski definition) is 1. The van der Waals surface area contributed by atoms with Crippen LogP contribution in [0.1, 0.15) is 30.0 Å². The highest BCUT2D eigenvalue weighted by atomic mass is 35.5. The van der Waals surface area contributed by atoms with Gasteiger partial charge in [0.05, 0.1) is 24.3 Å². The molecule has 2 aromatic carbocycles. The number of carbonyl (C=O) groups is 2. The quantitative estimate of drug-likeness (QED) is 0.301. The van der Waals surface area contributed by atoms with E-state index in [1.54, 1.807) is 55.5 Å². The first kappa shape index (κ1) is 22.5. The summed E-state index contributed by atoms with van der Waals surface area (Å²) in [5.41, 5.74) is 0.503. The van der Waals surface area contributed by atoms with Gasteiger partial charge in [0.25, 0.3) is 11.7 Å². The van der Waals surface area contributed by atoms with Crippen molar-refractivity contribution in [2.75, 3.05) is 18.6 Å². The lowest BCUT2D eigenvalue weighted by Crippen LogP contribution is -2.29. The molecule has 1 amide bonds. The van der Waals surface area contributed by atoms with E-state index in [1.165, 1.54) is 18.1 Å². The molecule has 1 aliphatic heterocycles. The molecule has 8 heteroatoms. The first-order valence-electron chi connectivity index (χ1n) is 10.3. The largest absolute Gasteiger partial charge is 0.507 e. The van der Waals surface area contributed by atoms with Crippen LogP contribution < -0.4 is 14.4 Å². The van der Waals surface area contributed by atoms with Gasteiger partial charge >= 0.3 is 0 Å². The lowest BCUT2D eigenvalue weighted by atomic mass is 9.99. The van der Waals surface area contributed by atoms with E-state index in [0.717, 1.165) is 0 Å². The number of anilines is 1. The summed E-state index contributed by atoms with van der Waals surface area (Å²) >= 11 is 6.31. The number of amides is 1. The predicted octanol–water partition coefficient (Wildman–Crippen LogP) is 5.28. The van der Waals surface area contributed by atoms with Crippen molar-refractivity contribution in [3.63, 3.8) is 0 Å². The molecule has 1 N–H and O–H groups in total. The number of furan rings is 1. The zero-order valence-corrected chi connectivity index (χ0v) is 19.1. The molecule has 0 spiro atoms. The molecule has 7 nitrogen and oxygen atoms in total. The zero-order chi connectivity index (χ0) is 23.7. The van der Waals surface area contributed by atoms with Gasteiger partial charge in [0.2, 0.25) is 0 Å². The van der Waals surface area contributed by atoms with Gasteiger partial charge in [0.1, 0.15) is 34.8 Å². The summed E-state index contributed by atoms with van der Waals surface area (Å²) in [6.45, 7) is 4.12. The smallest absolute Gasteiger partial charge is 0.300 e. The highest BCUT2D eigenvalue weighted by Crippen LogP contribution is 2.44. The predicted molar refractivity (Wildman–Crippen MR) is 124 cm³/mol. The lowest BCUT2D eigenvalue weighted by molar-refractivity contribution is -0.132. The molecule has 33 heavy (non-hydrogen) atoms. The average molecular weight is 468 g/mol. The molecule has 0 bridgehead atoms. The fourth-order valence-corrected chi connectivity index (χ4v) is 4.00. The van der Waals surface area contributed by atoms with E-state index >= 15 is 0 Å². The second-order valence-corrected chi connectivity index (χ2v) is 7.80. The summed E-state index contributed by atoms with van der Waals surface area (Å²) in [6, 6.07) is 13.9. The van der Waals surface area contributed by atoms with E-state index in [4.69, 9.17) is 25.5 Å². The average Bonchev–Trinajstić information content (AvgIpc) is 3.35. The number of Topliss-reactive ketones (excluding diaryl/α,β-unsaturated/α-hetero) is 1. The maximum Gasteiger partial charge on any atom is 0.300 e. The van der Waals surface area contributed by atoms with Crippen molar-refractivity contribution in [3.05, 3.63) is 82.3 Å². The van der Waals surface area contributed by atoms with Crippen LogP contribution in [-0.2, 0) is 9.59 Å². The van der Waals surface area contributed by atoms with Gasteiger partial charge in [-0.05, 0) is 68.4 Å². The van der Waals surface area contributed by atoms with Gasteiger partial charge in [0.15, 0.2) is 0 Å². The van der Waals surface area contributed by atoms with Crippen LogP contribution in [0.4, 0.5) is 5.69 Å². The summed E-state index contributed by atoms with van der Waals surface area (Å²) < 4.78 is 16.5. The summed E-state index contributed by atoms with van der Waals surface area (Å²) in [6.07, 6.45) is 0. The maximum atomic E-state index is 13.2.